The molecular weight excluding hydrogens is 402 g/mol. The SMILES string of the molecule is CCOC(=O)[C@](O)(c1c[nH]c2cc(I)ccc12)C(F)(F)F. The highest BCUT2D eigenvalue weighted by Crippen LogP contribution is 2.42. The second-order valence-electron chi connectivity index (χ2n) is 4.32. The molecule has 0 saturated carbocycles. The number of esters is 1. The minimum Gasteiger partial charge on any atom is -0.463 e. The Morgan fingerprint density at radius 1 is 1.43 bits per heavy atom. The lowest BCUT2D eigenvalue weighted by Crippen LogP contribution is -2.50. The highest BCUT2D eigenvalue weighted by Gasteiger charge is 2.63. The minimum atomic E-state index is -5.20. The zero-order chi connectivity index (χ0) is 15.8. The van der Waals surface area contributed by atoms with Crippen LogP contribution >= 0.6 is 22.6 Å². The molecule has 1 atom stereocenters. The van der Waals surface area contributed by atoms with E-state index in [2.05, 4.69) is 9.72 Å². The van der Waals surface area contributed by atoms with Gasteiger partial charge in [0.05, 0.1) is 6.61 Å². The van der Waals surface area contributed by atoms with Crippen LogP contribution in [0.5, 0.6) is 0 Å². The number of rotatable bonds is 3. The molecule has 2 rings (SSSR count). The lowest BCUT2D eigenvalue weighted by molar-refractivity contribution is -0.267. The van der Waals surface area contributed by atoms with Gasteiger partial charge in [0.2, 0.25) is 0 Å². The predicted molar refractivity (Wildman–Crippen MR) is 77.6 cm³/mol. The Hall–Kier alpha value is -1.29. The van der Waals surface area contributed by atoms with Crippen LogP contribution in [-0.2, 0) is 15.1 Å². The third kappa shape index (κ3) is 2.61. The summed E-state index contributed by atoms with van der Waals surface area (Å²) in [4.78, 5) is 14.3. The van der Waals surface area contributed by atoms with Crippen LogP contribution in [0.25, 0.3) is 10.9 Å². The zero-order valence-corrected chi connectivity index (χ0v) is 12.9. The summed E-state index contributed by atoms with van der Waals surface area (Å²) in [5.74, 6) is -1.74. The third-order valence-electron chi connectivity index (χ3n) is 3.01. The first-order valence-corrected chi connectivity index (χ1v) is 7.03. The molecule has 0 fully saturated rings. The molecule has 1 heterocycles. The van der Waals surface area contributed by atoms with Gasteiger partial charge in [-0.05, 0) is 41.6 Å². The van der Waals surface area contributed by atoms with Crippen molar-refractivity contribution in [2.45, 2.75) is 18.7 Å². The maximum absolute atomic E-state index is 13.3. The molecule has 21 heavy (non-hydrogen) atoms. The van der Waals surface area contributed by atoms with Crippen molar-refractivity contribution in [2.75, 3.05) is 6.61 Å². The summed E-state index contributed by atoms with van der Waals surface area (Å²) in [6.45, 7) is 1.10. The summed E-state index contributed by atoms with van der Waals surface area (Å²) < 4.78 is 45.1. The van der Waals surface area contributed by atoms with Crippen LogP contribution in [0.15, 0.2) is 24.4 Å². The molecule has 2 aromatic rings. The van der Waals surface area contributed by atoms with Gasteiger partial charge in [-0.15, -0.1) is 0 Å². The second-order valence-corrected chi connectivity index (χ2v) is 5.57. The average molecular weight is 413 g/mol. The summed E-state index contributed by atoms with van der Waals surface area (Å²) in [5, 5.41) is 10.2. The number of aromatic amines is 1. The van der Waals surface area contributed by atoms with Crippen molar-refractivity contribution in [2.24, 2.45) is 0 Å². The van der Waals surface area contributed by atoms with Gasteiger partial charge in [0.15, 0.2) is 0 Å². The molecule has 0 aliphatic carbocycles. The van der Waals surface area contributed by atoms with Gasteiger partial charge in [-0.25, -0.2) is 4.79 Å². The topological polar surface area (TPSA) is 62.3 Å². The highest BCUT2D eigenvalue weighted by molar-refractivity contribution is 14.1. The fraction of sp³-hybridized carbons (Fsp3) is 0.308. The van der Waals surface area contributed by atoms with Gasteiger partial charge in [0.1, 0.15) is 0 Å². The quantitative estimate of drug-likeness (QED) is 0.601. The molecule has 0 bridgehead atoms. The van der Waals surface area contributed by atoms with Gasteiger partial charge >= 0.3 is 12.1 Å². The van der Waals surface area contributed by atoms with E-state index in [4.69, 9.17) is 0 Å². The average Bonchev–Trinajstić information content (AvgIpc) is 2.79. The summed E-state index contributed by atoms with van der Waals surface area (Å²) >= 11 is 2.00. The fourth-order valence-electron chi connectivity index (χ4n) is 2.01. The zero-order valence-electron chi connectivity index (χ0n) is 10.8. The number of hydrogen-bond donors (Lipinski definition) is 2. The van der Waals surface area contributed by atoms with Crippen molar-refractivity contribution in [1.29, 1.82) is 0 Å². The van der Waals surface area contributed by atoms with Crippen LogP contribution in [0, 0.1) is 3.57 Å². The molecule has 8 heteroatoms. The van der Waals surface area contributed by atoms with E-state index >= 15 is 0 Å². The molecule has 1 aromatic heterocycles. The largest absolute Gasteiger partial charge is 0.463 e. The monoisotopic (exact) mass is 413 g/mol. The van der Waals surface area contributed by atoms with E-state index in [1.165, 1.54) is 13.0 Å². The normalized spacial score (nSPS) is 15.0. The molecule has 114 valence electrons. The lowest BCUT2D eigenvalue weighted by Gasteiger charge is -2.27. The Morgan fingerprint density at radius 2 is 2.10 bits per heavy atom. The van der Waals surface area contributed by atoms with Gasteiger partial charge in [0.25, 0.3) is 5.60 Å². The maximum atomic E-state index is 13.3. The number of carbonyl (C=O) groups excluding carboxylic acids is 1. The number of aromatic nitrogens is 1. The molecular formula is C13H11F3INO3. The summed E-state index contributed by atoms with van der Waals surface area (Å²) in [7, 11) is 0. The van der Waals surface area contributed by atoms with E-state index in [9.17, 15) is 23.1 Å². The maximum Gasteiger partial charge on any atom is 0.432 e. The number of hydrogen-bond acceptors (Lipinski definition) is 3. The molecule has 0 unspecified atom stereocenters. The van der Waals surface area contributed by atoms with Crippen LogP contribution in [0.2, 0.25) is 0 Å². The molecule has 0 spiro atoms. The van der Waals surface area contributed by atoms with Crippen molar-refractivity contribution in [1.82, 2.24) is 4.98 Å². The number of H-pyrrole nitrogens is 1. The number of alkyl halides is 3. The number of aliphatic hydroxyl groups is 1. The van der Waals surface area contributed by atoms with Crippen molar-refractivity contribution in [3.8, 4) is 0 Å². The Morgan fingerprint density at radius 3 is 2.67 bits per heavy atom. The number of nitrogens with one attached hydrogen (secondary N) is 1. The molecule has 1 aromatic carbocycles. The molecule has 0 aliphatic rings. The smallest absolute Gasteiger partial charge is 0.432 e. The fourth-order valence-corrected chi connectivity index (χ4v) is 2.50. The number of halogens is 4. The molecule has 2 N–H and O–H groups in total. The number of benzene rings is 1. The van der Waals surface area contributed by atoms with Gasteiger partial charge < -0.3 is 14.8 Å². The van der Waals surface area contributed by atoms with Gasteiger partial charge in [-0.1, -0.05) is 6.07 Å². The lowest BCUT2D eigenvalue weighted by atomic mass is 9.92. The van der Waals surface area contributed by atoms with E-state index in [-0.39, 0.29) is 12.0 Å². The minimum absolute atomic E-state index is 0.114. The Bertz CT molecular complexity index is 683. The van der Waals surface area contributed by atoms with Crippen LogP contribution in [0.4, 0.5) is 13.2 Å². The van der Waals surface area contributed by atoms with E-state index < -0.39 is 23.3 Å². The molecule has 0 radical (unpaired) electrons. The second kappa shape index (κ2) is 5.48. The van der Waals surface area contributed by atoms with Crippen LogP contribution in [0.3, 0.4) is 0 Å². The standard InChI is InChI=1S/C13H11F3INO3/c1-2-21-11(19)12(20,13(14,15)16)9-6-18-10-5-7(17)3-4-8(9)10/h3-6,18,20H,2H2,1H3/t12-/m1/s1. The highest BCUT2D eigenvalue weighted by atomic mass is 127. The van der Waals surface area contributed by atoms with Gasteiger partial charge in [-0.3, -0.25) is 0 Å². The van der Waals surface area contributed by atoms with E-state index in [1.54, 1.807) is 12.1 Å². The first-order valence-electron chi connectivity index (χ1n) is 5.95. The predicted octanol–water partition coefficient (Wildman–Crippen LogP) is 3.09. The molecule has 4 nitrogen and oxygen atoms in total. The number of carbonyl (C=O) groups is 1. The van der Waals surface area contributed by atoms with Crippen molar-refractivity contribution in [3.63, 3.8) is 0 Å². The summed E-state index contributed by atoms with van der Waals surface area (Å²) in [5.41, 5.74) is -3.88. The molecule has 0 amide bonds. The molecule has 0 saturated heterocycles. The van der Waals surface area contributed by atoms with Gasteiger partial charge in [0, 0.05) is 26.2 Å². The van der Waals surface area contributed by atoms with Crippen molar-refractivity contribution < 1.29 is 27.8 Å². The number of ether oxygens (including phenoxy) is 1. The summed E-state index contributed by atoms with van der Waals surface area (Å²) in [6.07, 6.45) is -4.22. The van der Waals surface area contributed by atoms with Crippen LogP contribution in [-0.4, -0.2) is 28.8 Å². The first-order chi connectivity index (χ1) is 9.71. The first kappa shape index (κ1) is 16.1. The Balaban J connectivity index is 2.68. The van der Waals surface area contributed by atoms with E-state index in [1.807, 2.05) is 22.6 Å². The van der Waals surface area contributed by atoms with Gasteiger partial charge in [-0.2, -0.15) is 13.2 Å². The molecule has 0 aliphatic heterocycles. The van der Waals surface area contributed by atoms with Crippen LogP contribution < -0.4 is 0 Å². The van der Waals surface area contributed by atoms with Crippen molar-refractivity contribution in [3.05, 3.63) is 33.5 Å². The van der Waals surface area contributed by atoms with Crippen molar-refractivity contribution >= 4 is 39.5 Å². The van der Waals surface area contributed by atoms with E-state index in [0.29, 0.717) is 5.52 Å². The number of fused-ring (bicyclic) bond motifs is 1. The Labute approximate surface area is 131 Å². The van der Waals surface area contributed by atoms with Crippen LogP contribution in [0.1, 0.15) is 12.5 Å². The summed E-state index contributed by atoms with van der Waals surface area (Å²) in [6, 6.07) is 4.61. The third-order valence-corrected chi connectivity index (χ3v) is 3.69. The Kier molecular flexibility index (Phi) is 4.20. The van der Waals surface area contributed by atoms with E-state index in [0.717, 1.165) is 9.77 Å².